The van der Waals surface area contributed by atoms with Crippen molar-refractivity contribution in [2.75, 3.05) is 5.32 Å². The van der Waals surface area contributed by atoms with Crippen LogP contribution in [0, 0.1) is 25.2 Å². The Hall–Kier alpha value is -3.17. The van der Waals surface area contributed by atoms with Crippen molar-refractivity contribution >= 4 is 22.9 Å². The Morgan fingerprint density at radius 2 is 1.85 bits per heavy atom. The molecule has 130 valence electrons. The van der Waals surface area contributed by atoms with E-state index >= 15 is 0 Å². The maximum Gasteiger partial charge on any atom is 0.267 e. The molecular weight excluding hydrogens is 346 g/mol. The number of thiazole rings is 1. The van der Waals surface area contributed by atoms with Crippen LogP contribution >= 0.6 is 11.3 Å². The third-order valence-electron chi connectivity index (χ3n) is 3.70. The molecule has 3 aromatic rings. The Bertz CT molecular complexity index is 954. The molecule has 0 fully saturated rings. The second-order valence-corrected chi connectivity index (χ2v) is 6.85. The third kappa shape index (κ3) is 4.26. The van der Waals surface area contributed by atoms with Crippen molar-refractivity contribution in [3.63, 3.8) is 0 Å². The maximum atomic E-state index is 12.5. The number of amides is 1. The summed E-state index contributed by atoms with van der Waals surface area (Å²) in [6, 6.07) is 16.6. The minimum Gasteiger partial charge on any atom is -0.486 e. The summed E-state index contributed by atoms with van der Waals surface area (Å²) in [7, 11) is 0. The molecule has 3 rings (SSSR count). The highest BCUT2D eigenvalue weighted by Gasteiger charge is 2.16. The first-order valence-corrected chi connectivity index (χ1v) is 8.84. The summed E-state index contributed by atoms with van der Waals surface area (Å²) >= 11 is 1.32. The minimum absolute atomic E-state index is 0.216. The monoisotopic (exact) mass is 363 g/mol. The lowest BCUT2D eigenvalue weighted by Gasteiger charge is -2.04. The van der Waals surface area contributed by atoms with E-state index in [4.69, 9.17) is 10.00 Å². The molecule has 0 aliphatic rings. The van der Waals surface area contributed by atoms with Gasteiger partial charge in [-0.25, -0.2) is 4.98 Å². The molecule has 0 unspecified atom stereocenters. The van der Waals surface area contributed by atoms with Crippen molar-refractivity contribution in [1.29, 1.82) is 5.26 Å². The van der Waals surface area contributed by atoms with Gasteiger partial charge in [0.25, 0.3) is 5.91 Å². The summed E-state index contributed by atoms with van der Waals surface area (Å²) < 4.78 is 5.72. The highest BCUT2D eigenvalue weighted by molar-refractivity contribution is 7.13. The van der Waals surface area contributed by atoms with Crippen molar-refractivity contribution in [3.05, 3.63) is 75.2 Å². The van der Waals surface area contributed by atoms with Gasteiger partial charge in [0.2, 0.25) is 0 Å². The molecule has 0 atom stereocenters. The second-order valence-electron chi connectivity index (χ2n) is 5.77. The lowest BCUT2D eigenvalue weighted by Crippen LogP contribution is -2.11. The number of hydrogen-bond acceptors (Lipinski definition) is 5. The van der Waals surface area contributed by atoms with Gasteiger partial charge in [-0.05, 0) is 50.2 Å². The van der Waals surface area contributed by atoms with E-state index in [1.807, 2.05) is 37.3 Å². The third-order valence-corrected chi connectivity index (χ3v) is 4.83. The van der Waals surface area contributed by atoms with Gasteiger partial charge in [-0.2, -0.15) is 5.26 Å². The molecule has 0 radical (unpaired) electrons. The average Bonchev–Trinajstić information content (AvgIpc) is 3.03. The lowest BCUT2D eigenvalue weighted by molar-refractivity contribution is 0.103. The molecule has 0 saturated carbocycles. The van der Waals surface area contributed by atoms with E-state index in [2.05, 4.69) is 10.3 Å². The van der Waals surface area contributed by atoms with Crippen LogP contribution in [-0.4, -0.2) is 10.9 Å². The maximum absolute atomic E-state index is 12.5. The first-order chi connectivity index (χ1) is 12.5. The van der Waals surface area contributed by atoms with Crippen LogP contribution < -0.4 is 10.1 Å². The topological polar surface area (TPSA) is 75.0 Å². The van der Waals surface area contributed by atoms with Crippen LogP contribution in [0.2, 0.25) is 0 Å². The molecule has 1 aromatic heterocycles. The van der Waals surface area contributed by atoms with Crippen LogP contribution in [0.25, 0.3) is 0 Å². The number of aryl methyl sites for hydroxylation is 2. The molecule has 1 amide bonds. The van der Waals surface area contributed by atoms with E-state index in [9.17, 15) is 4.79 Å². The molecule has 0 aliphatic carbocycles. The fourth-order valence-electron chi connectivity index (χ4n) is 2.32. The first kappa shape index (κ1) is 17.6. The van der Waals surface area contributed by atoms with Crippen LogP contribution in [0.3, 0.4) is 0 Å². The van der Waals surface area contributed by atoms with Crippen LogP contribution in [0.15, 0.2) is 48.5 Å². The molecule has 0 spiro atoms. The highest BCUT2D eigenvalue weighted by atomic mass is 32.1. The zero-order valence-electron chi connectivity index (χ0n) is 14.4. The summed E-state index contributed by atoms with van der Waals surface area (Å²) in [6.45, 7) is 4.14. The number of ether oxygens (including phenoxy) is 1. The van der Waals surface area contributed by atoms with E-state index in [1.165, 1.54) is 16.9 Å². The number of hydrogen-bond donors (Lipinski definition) is 1. The van der Waals surface area contributed by atoms with Crippen LogP contribution in [-0.2, 0) is 6.61 Å². The van der Waals surface area contributed by atoms with Crippen molar-refractivity contribution in [2.45, 2.75) is 20.5 Å². The molecule has 2 aromatic carbocycles. The summed E-state index contributed by atoms with van der Waals surface area (Å²) in [6.07, 6.45) is 0. The van der Waals surface area contributed by atoms with Gasteiger partial charge in [-0.1, -0.05) is 17.7 Å². The van der Waals surface area contributed by atoms with Crippen molar-refractivity contribution in [1.82, 2.24) is 4.98 Å². The normalized spacial score (nSPS) is 10.2. The molecule has 0 saturated heterocycles. The van der Waals surface area contributed by atoms with Gasteiger partial charge in [0.15, 0.2) is 0 Å². The predicted octanol–water partition coefficient (Wildman–Crippen LogP) is 4.46. The number of nitriles is 1. The summed E-state index contributed by atoms with van der Waals surface area (Å²) in [5.74, 6) is 0.554. The van der Waals surface area contributed by atoms with Crippen molar-refractivity contribution in [2.24, 2.45) is 0 Å². The molecule has 1 heterocycles. The Morgan fingerprint density at radius 1 is 1.15 bits per heavy atom. The van der Waals surface area contributed by atoms with E-state index in [0.29, 0.717) is 28.4 Å². The smallest absolute Gasteiger partial charge is 0.267 e. The number of nitrogens with one attached hydrogen (secondary N) is 1. The number of carbonyl (C=O) groups is 1. The number of anilines is 1. The van der Waals surface area contributed by atoms with Gasteiger partial charge >= 0.3 is 0 Å². The zero-order chi connectivity index (χ0) is 18.5. The molecule has 26 heavy (non-hydrogen) atoms. The molecular formula is C20H17N3O2S. The van der Waals surface area contributed by atoms with Gasteiger partial charge in [0.1, 0.15) is 22.2 Å². The van der Waals surface area contributed by atoms with Crippen molar-refractivity contribution < 1.29 is 9.53 Å². The first-order valence-electron chi connectivity index (χ1n) is 8.02. The summed E-state index contributed by atoms with van der Waals surface area (Å²) in [5, 5.41) is 12.4. The number of carbonyl (C=O) groups excluding carboxylic acids is 1. The molecule has 6 heteroatoms. The predicted molar refractivity (Wildman–Crippen MR) is 101 cm³/mol. The van der Waals surface area contributed by atoms with Crippen molar-refractivity contribution in [3.8, 4) is 11.8 Å². The van der Waals surface area contributed by atoms with Crippen LogP contribution in [0.5, 0.6) is 5.75 Å². The van der Waals surface area contributed by atoms with E-state index < -0.39 is 0 Å². The fraction of sp³-hybridized carbons (Fsp3) is 0.150. The van der Waals surface area contributed by atoms with E-state index in [-0.39, 0.29) is 5.91 Å². The fourth-order valence-corrected chi connectivity index (χ4v) is 3.19. The Kier molecular flexibility index (Phi) is 5.30. The molecule has 5 nitrogen and oxygen atoms in total. The Morgan fingerprint density at radius 3 is 2.50 bits per heavy atom. The summed E-state index contributed by atoms with van der Waals surface area (Å²) in [5.41, 5.74) is 3.03. The van der Waals surface area contributed by atoms with Crippen LogP contribution in [0.4, 0.5) is 5.69 Å². The molecule has 0 aliphatic heterocycles. The molecule has 0 bridgehead atoms. The number of rotatable bonds is 5. The number of aromatic nitrogens is 1. The lowest BCUT2D eigenvalue weighted by atomic mass is 10.2. The zero-order valence-corrected chi connectivity index (χ0v) is 15.3. The Balaban J connectivity index is 1.65. The van der Waals surface area contributed by atoms with E-state index in [0.717, 1.165) is 10.8 Å². The van der Waals surface area contributed by atoms with Gasteiger partial charge in [0.05, 0.1) is 17.3 Å². The average molecular weight is 363 g/mol. The SMILES string of the molecule is Cc1ccc(OCc2nc(C)c(C(=O)Nc3ccc(C#N)cc3)s2)cc1. The van der Waals surface area contributed by atoms with Gasteiger partial charge in [-0.3, -0.25) is 4.79 Å². The number of nitrogens with zero attached hydrogens (tertiary/aromatic N) is 2. The largest absolute Gasteiger partial charge is 0.486 e. The summed E-state index contributed by atoms with van der Waals surface area (Å²) in [4.78, 5) is 17.4. The Labute approximate surface area is 155 Å². The van der Waals surface area contributed by atoms with Crippen LogP contribution in [0.1, 0.15) is 31.5 Å². The van der Waals surface area contributed by atoms with Gasteiger partial charge in [0, 0.05) is 5.69 Å². The molecule has 1 N–H and O–H groups in total. The highest BCUT2D eigenvalue weighted by Crippen LogP contribution is 2.22. The van der Waals surface area contributed by atoms with E-state index in [1.54, 1.807) is 31.2 Å². The van der Waals surface area contributed by atoms with Gasteiger partial charge < -0.3 is 10.1 Å². The minimum atomic E-state index is -0.216. The van der Waals surface area contributed by atoms with Gasteiger partial charge in [-0.15, -0.1) is 11.3 Å². The quantitative estimate of drug-likeness (QED) is 0.726. The number of benzene rings is 2. The standard InChI is InChI=1S/C20H17N3O2S/c1-13-3-9-17(10-4-13)25-12-18-22-14(2)19(26-18)20(24)23-16-7-5-15(11-21)6-8-16/h3-10H,12H2,1-2H3,(H,23,24). The second kappa shape index (κ2) is 7.81.